The standard InChI is InChI=1S/C25H25FN4O4S/c26-18-5-3-17(4-6-18)24(32)28-22-8-7-19(14-21(22)25(33)34)30-11-9-29(10-12-30)16-23(31)27-15-20-2-1-13-35-20/h1-8,13-14H,9-12,15-16H2,(H,27,31)(H,28,32)(H,33,34). The molecule has 0 bridgehead atoms. The zero-order chi connectivity index (χ0) is 24.8. The van der Waals surface area contributed by atoms with E-state index in [2.05, 4.69) is 20.4 Å². The molecule has 2 aromatic carbocycles. The lowest BCUT2D eigenvalue weighted by molar-refractivity contribution is -0.122. The molecule has 0 radical (unpaired) electrons. The number of carboxylic acid groups (broad SMARTS) is 1. The summed E-state index contributed by atoms with van der Waals surface area (Å²) in [6, 6.07) is 13.8. The first-order chi connectivity index (χ1) is 16.9. The molecule has 1 fully saturated rings. The van der Waals surface area contributed by atoms with Crippen LogP contribution in [-0.2, 0) is 11.3 Å². The van der Waals surface area contributed by atoms with Crippen LogP contribution < -0.4 is 15.5 Å². The number of thiophene rings is 1. The van der Waals surface area contributed by atoms with Gasteiger partial charge in [0.15, 0.2) is 0 Å². The zero-order valence-electron chi connectivity index (χ0n) is 18.9. The maximum atomic E-state index is 13.1. The Hall–Kier alpha value is -3.76. The number of carbonyl (C=O) groups is 3. The second-order valence-electron chi connectivity index (χ2n) is 8.12. The van der Waals surface area contributed by atoms with Gasteiger partial charge in [-0.2, -0.15) is 0 Å². The van der Waals surface area contributed by atoms with Crippen LogP contribution in [0.1, 0.15) is 25.6 Å². The average molecular weight is 497 g/mol. The first-order valence-corrected chi connectivity index (χ1v) is 12.0. The van der Waals surface area contributed by atoms with Crippen molar-refractivity contribution in [1.29, 1.82) is 0 Å². The van der Waals surface area contributed by atoms with Crippen LogP contribution in [-0.4, -0.2) is 60.5 Å². The molecule has 3 aromatic rings. The maximum Gasteiger partial charge on any atom is 0.337 e. The van der Waals surface area contributed by atoms with E-state index in [1.165, 1.54) is 30.3 Å². The molecule has 35 heavy (non-hydrogen) atoms. The number of piperazine rings is 1. The van der Waals surface area contributed by atoms with Crippen molar-refractivity contribution in [3.05, 3.63) is 81.8 Å². The van der Waals surface area contributed by atoms with Crippen LogP contribution in [0.5, 0.6) is 0 Å². The number of carbonyl (C=O) groups excluding carboxylic acids is 2. The molecule has 2 amide bonds. The monoisotopic (exact) mass is 496 g/mol. The number of amides is 2. The number of carboxylic acids is 1. The zero-order valence-corrected chi connectivity index (χ0v) is 19.7. The Balaban J connectivity index is 1.34. The van der Waals surface area contributed by atoms with Gasteiger partial charge in [0.25, 0.3) is 5.91 Å². The Kier molecular flexibility index (Phi) is 7.74. The first kappa shape index (κ1) is 24.4. The van der Waals surface area contributed by atoms with Gasteiger partial charge in [-0.3, -0.25) is 14.5 Å². The van der Waals surface area contributed by atoms with E-state index < -0.39 is 17.7 Å². The molecular weight excluding hydrogens is 471 g/mol. The number of benzene rings is 2. The van der Waals surface area contributed by atoms with Gasteiger partial charge in [0, 0.05) is 42.3 Å². The molecule has 1 saturated heterocycles. The van der Waals surface area contributed by atoms with E-state index in [4.69, 9.17) is 0 Å². The van der Waals surface area contributed by atoms with Crippen molar-refractivity contribution in [2.24, 2.45) is 0 Å². The normalized spacial score (nSPS) is 13.9. The van der Waals surface area contributed by atoms with E-state index >= 15 is 0 Å². The van der Waals surface area contributed by atoms with Gasteiger partial charge in [-0.05, 0) is 53.9 Å². The lowest BCUT2D eigenvalue weighted by Crippen LogP contribution is -2.49. The van der Waals surface area contributed by atoms with Crippen LogP contribution >= 0.6 is 11.3 Å². The van der Waals surface area contributed by atoms with Crippen molar-refractivity contribution < 1.29 is 23.9 Å². The van der Waals surface area contributed by atoms with Gasteiger partial charge in [-0.15, -0.1) is 11.3 Å². The van der Waals surface area contributed by atoms with Crippen LogP contribution in [0.4, 0.5) is 15.8 Å². The summed E-state index contributed by atoms with van der Waals surface area (Å²) >= 11 is 1.60. The van der Waals surface area contributed by atoms with Gasteiger partial charge >= 0.3 is 5.97 Å². The highest BCUT2D eigenvalue weighted by molar-refractivity contribution is 7.09. The van der Waals surface area contributed by atoms with Crippen LogP contribution in [0, 0.1) is 5.82 Å². The predicted molar refractivity (Wildman–Crippen MR) is 133 cm³/mol. The van der Waals surface area contributed by atoms with E-state index in [9.17, 15) is 23.9 Å². The van der Waals surface area contributed by atoms with Crippen LogP contribution in [0.25, 0.3) is 0 Å². The summed E-state index contributed by atoms with van der Waals surface area (Å²) < 4.78 is 13.1. The summed E-state index contributed by atoms with van der Waals surface area (Å²) in [4.78, 5) is 41.8. The fourth-order valence-electron chi connectivity index (χ4n) is 3.83. The average Bonchev–Trinajstić information content (AvgIpc) is 3.38. The second kappa shape index (κ2) is 11.1. The summed E-state index contributed by atoms with van der Waals surface area (Å²) in [6.07, 6.45) is 0. The highest BCUT2D eigenvalue weighted by atomic mass is 32.1. The Morgan fingerprint density at radius 2 is 1.74 bits per heavy atom. The molecule has 0 spiro atoms. The molecule has 8 nitrogen and oxygen atoms in total. The van der Waals surface area contributed by atoms with E-state index in [1.807, 2.05) is 17.5 Å². The Labute approximate surface area is 206 Å². The molecule has 1 aliphatic rings. The summed E-state index contributed by atoms with van der Waals surface area (Å²) in [5.41, 5.74) is 1.08. The summed E-state index contributed by atoms with van der Waals surface area (Å²) in [5.74, 6) is -2.17. The van der Waals surface area contributed by atoms with E-state index in [0.717, 1.165) is 10.6 Å². The summed E-state index contributed by atoms with van der Waals surface area (Å²) in [6.45, 7) is 3.44. The minimum Gasteiger partial charge on any atom is -0.478 e. The molecule has 1 aromatic heterocycles. The minimum atomic E-state index is -1.16. The number of nitrogens with zero attached hydrogens (tertiary/aromatic N) is 2. The highest BCUT2D eigenvalue weighted by Crippen LogP contribution is 2.25. The molecule has 1 aliphatic heterocycles. The van der Waals surface area contributed by atoms with Gasteiger partial charge in [-0.1, -0.05) is 6.07 Å². The molecule has 182 valence electrons. The quantitative estimate of drug-likeness (QED) is 0.443. The third-order valence-corrected chi connectivity index (χ3v) is 6.61. The number of aromatic carboxylic acids is 1. The first-order valence-electron chi connectivity index (χ1n) is 11.1. The van der Waals surface area contributed by atoms with Crippen molar-refractivity contribution in [2.75, 3.05) is 42.9 Å². The topological polar surface area (TPSA) is 102 Å². The Morgan fingerprint density at radius 3 is 2.40 bits per heavy atom. The second-order valence-corrected chi connectivity index (χ2v) is 9.15. The van der Waals surface area contributed by atoms with Gasteiger partial charge < -0.3 is 20.6 Å². The van der Waals surface area contributed by atoms with Crippen molar-refractivity contribution in [3.8, 4) is 0 Å². The van der Waals surface area contributed by atoms with E-state index in [1.54, 1.807) is 23.5 Å². The van der Waals surface area contributed by atoms with Gasteiger partial charge in [0.05, 0.1) is 24.3 Å². The Morgan fingerprint density at radius 1 is 1.00 bits per heavy atom. The van der Waals surface area contributed by atoms with Crippen LogP contribution in [0.15, 0.2) is 60.0 Å². The van der Waals surface area contributed by atoms with Crippen molar-refractivity contribution in [1.82, 2.24) is 10.2 Å². The number of hydrogen-bond acceptors (Lipinski definition) is 6. The Bertz CT molecular complexity index is 1190. The number of anilines is 2. The molecule has 4 rings (SSSR count). The minimum absolute atomic E-state index is 0.0266. The molecule has 10 heteroatoms. The summed E-state index contributed by atoms with van der Waals surface area (Å²) in [5, 5.41) is 17.2. The third kappa shape index (κ3) is 6.43. The molecule has 0 saturated carbocycles. The van der Waals surface area contributed by atoms with Crippen LogP contribution in [0.2, 0.25) is 0 Å². The molecule has 3 N–H and O–H groups in total. The highest BCUT2D eigenvalue weighted by Gasteiger charge is 2.21. The number of halogens is 1. The fraction of sp³-hybridized carbons (Fsp3) is 0.240. The van der Waals surface area contributed by atoms with Crippen molar-refractivity contribution in [3.63, 3.8) is 0 Å². The largest absolute Gasteiger partial charge is 0.478 e. The van der Waals surface area contributed by atoms with Gasteiger partial charge in [0.2, 0.25) is 5.91 Å². The fourth-order valence-corrected chi connectivity index (χ4v) is 4.48. The smallest absolute Gasteiger partial charge is 0.337 e. The SMILES string of the molecule is O=C(CN1CCN(c2ccc(NC(=O)c3ccc(F)cc3)c(C(=O)O)c2)CC1)NCc1cccs1. The lowest BCUT2D eigenvalue weighted by atomic mass is 10.1. The maximum absolute atomic E-state index is 13.1. The van der Waals surface area contributed by atoms with Crippen molar-refractivity contribution in [2.45, 2.75) is 6.54 Å². The number of nitrogens with one attached hydrogen (secondary N) is 2. The van der Waals surface area contributed by atoms with E-state index in [0.29, 0.717) is 39.3 Å². The van der Waals surface area contributed by atoms with Gasteiger partial charge in [-0.25, -0.2) is 9.18 Å². The van der Waals surface area contributed by atoms with E-state index in [-0.39, 0.29) is 22.7 Å². The molecule has 0 aliphatic carbocycles. The number of rotatable bonds is 8. The molecule has 2 heterocycles. The van der Waals surface area contributed by atoms with Crippen LogP contribution in [0.3, 0.4) is 0 Å². The summed E-state index contributed by atoms with van der Waals surface area (Å²) in [7, 11) is 0. The predicted octanol–water partition coefficient (Wildman–Crippen LogP) is 3.28. The van der Waals surface area contributed by atoms with Gasteiger partial charge in [0.1, 0.15) is 5.82 Å². The van der Waals surface area contributed by atoms with Crippen molar-refractivity contribution >= 4 is 40.5 Å². The molecular formula is C25H25FN4O4S. The lowest BCUT2D eigenvalue weighted by Gasteiger charge is -2.36. The third-order valence-electron chi connectivity index (χ3n) is 5.73. The molecule has 0 unspecified atom stereocenters. The molecule has 0 atom stereocenters. The number of hydrogen-bond donors (Lipinski definition) is 3.